The molecule has 5 rings (SSSR count). The number of methoxy groups -OCH3 is 1. The average molecular weight is 583 g/mol. The van der Waals surface area contributed by atoms with Gasteiger partial charge in [-0.1, -0.05) is 40.2 Å². The van der Waals surface area contributed by atoms with Crippen molar-refractivity contribution in [1.82, 2.24) is 15.6 Å². The van der Waals surface area contributed by atoms with Crippen molar-refractivity contribution in [1.29, 1.82) is 0 Å². The molecule has 0 fully saturated rings. The van der Waals surface area contributed by atoms with Crippen LogP contribution in [0.3, 0.4) is 0 Å². The van der Waals surface area contributed by atoms with Crippen molar-refractivity contribution in [3.8, 4) is 16.9 Å². The maximum Gasteiger partial charge on any atom is 0.270 e. The Morgan fingerprint density at radius 3 is 2.56 bits per heavy atom. The Kier molecular flexibility index (Phi) is 7.84. The van der Waals surface area contributed by atoms with Crippen molar-refractivity contribution < 1.29 is 14.3 Å². The number of pyridine rings is 1. The molecule has 1 unspecified atom stereocenters. The first-order chi connectivity index (χ1) is 18.9. The second-order valence-corrected chi connectivity index (χ2v) is 10.1. The zero-order chi connectivity index (χ0) is 27.4. The molecule has 1 aliphatic heterocycles. The smallest absolute Gasteiger partial charge is 0.270 e. The van der Waals surface area contributed by atoms with E-state index in [1.807, 2.05) is 55.5 Å². The van der Waals surface area contributed by atoms with Crippen molar-refractivity contribution in [2.75, 3.05) is 13.7 Å². The van der Waals surface area contributed by atoms with Crippen LogP contribution in [0.25, 0.3) is 11.1 Å². The molecule has 2 heterocycles. The van der Waals surface area contributed by atoms with Gasteiger partial charge in [-0.2, -0.15) is 0 Å². The highest BCUT2D eigenvalue weighted by Crippen LogP contribution is 2.27. The Labute approximate surface area is 235 Å². The Hall–Kier alpha value is -4.30. The number of hydrogen-bond acceptors (Lipinski definition) is 5. The summed E-state index contributed by atoms with van der Waals surface area (Å²) in [5.74, 6) is 0.0724. The molecule has 1 atom stereocenters. The number of fused-ring (bicyclic) bond motifs is 1. The van der Waals surface area contributed by atoms with Crippen LogP contribution in [0.5, 0.6) is 5.75 Å². The number of nitrogens with one attached hydrogen (secondary N) is 2. The number of aromatic nitrogens is 1. The van der Waals surface area contributed by atoms with Crippen LogP contribution in [-0.4, -0.2) is 36.2 Å². The van der Waals surface area contributed by atoms with E-state index in [-0.39, 0.29) is 24.1 Å². The fourth-order valence-electron chi connectivity index (χ4n) is 4.49. The second-order valence-electron chi connectivity index (χ2n) is 9.22. The normalized spacial score (nSPS) is 12.7. The number of amides is 2. The molecular weight excluding hydrogens is 556 g/mol. The average Bonchev–Trinajstić information content (AvgIpc) is 3.35. The topological polar surface area (TPSA) is 92.7 Å². The zero-order valence-corrected chi connectivity index (χ0v) is 23.2. The first-order valence-electron chi connectivity index (χ1n) is 12.5. The number of ether oxygens (including phenoxy) is 1. The minimum atomic E-state index is -0.517. The van der Waals surface area contributed by atoms with E-state index in [2.05, 4.69) is 48.7 Å². The van der Waals surface area contributed by atoms with Crippen molar-refractivity contribution in [3.63, 3.8) is 0 Å². The standard InChI is InChI=1S/C31H27BrN4O3/c1-19-27-15-21(6-7-24(27)17-34-19)22-12-13-33-28(16-22)31(38)36-29(23-4-3-5-26(14-23)39-2)18-35-30(37)20-8-10-25(32)11-9-20/h3-16,29H,17-18H2,1-2H3,(H,35,37)(H,36,38). The fraction of sp³-hybridized carbons (Fsp3) is 0.161. The van der Waals surface area contributed by atoms with Crippen LogP contribution in [0.1, 0.15) is 50.5 Å². The molecule has 0 saturated heterocycles. The lowest BCUT2D eigenvalue weighted by Crippen LogP contribution is -2.38. The largest absolute Gasteiger partial charge is 0.497 e. The van der Waals surface area contributed by atoms with Crippen molar-refractivity contribution >= 4 is 33.5 Å². The summed E-state index contributed by atoms with van der Waals surface area (Å²) in [6, 6.07) is 23.9. The molecule has 0 saturated carbocycles. The predicted molar refractivity (Wildman–Crippen MR) is 155 cm³/mol. The molecule has 3 aromatic carbocycles. The Morgan fingerprint density at radius 2 is 1.77 bits per heavy atom. The highest BCUT2D eigenvalue weighted by Gasteiger charge is 2.20. The SMILES string of the molecule is COc1cccc(C(CNC(=O)c2ccc(Br)cc2)NC(=O)c2cc(-c3ccc4c(c3)C(C)=NC4)ccn2)c1. The summed E-state index contributed by atoms with van der Waals surface area (Å²) in [6.07, 6.45) is 1.63. The van der Waals surface area contributed by atoms with Crippen LogP contribution in [0.2, 0.25) is 0 Å². The molecule has 0 aliphatic carbocycles. The van der Waals surface area contributed by atoms with E-state index < -0.39 is 6.04 Å². The van der Waals surface area contributed by atoms with Crippen LogP contribution < -0.4 is 15.4 Å². The monoisotopic (exact) mass is 582 g/mol. The lowest BCUT2D eigenvalue weighted by molar-refractivity contribution is 0.0905. The maximum atomic E-state index is 13.4. The summed E-state index contributed by atoms with van der Waals surface area (Å²) in [6.45, 7) is 2.89. The van der Waals surface area contributed by atoms with Crippen LogP contribution in [0, 0.1) is 0 Å². The van der Waals surface area contributed by atoms with Gasteiger partial charge in [0.1, 0.15) is 11.4 Å². The Bertz CT molecular complexity index is 1570. The molecule has 39 heavy (non-hydrogen) atoms. The highest BCUT2D eigenvalue weighted by molar-refractivity contribution is 9.10. The fourth-order valence-corrected chi connectivity index (χ4v) is 4.76. The number of hydrogen-bond donors (Lipinski definition) is 2. The van der Waals surface area contributed by atoms with Crippen molar-refractivity contribution in [3.05, 3.63) is 117 Å². The van der Waals surface area contributed by atoms with E-state index in [1.165, 1.54) is 5.56 Å². The van der Waals surface area contributed by atoms with E-state index in [0.29, 0.717) is 17.9 Å². The van der Waals surface area contributed by atoms with E-state index in [0.717, 1.165) is 32.4 Å². The summed E-state index contributed by atoms with van der Waals surface area (Å²) in [5, 5.41) is 5.98. The van der Waals surface area contributed by atoms with Gasteiger partial charge in [0.05, 0.1) is 19.7 Å². The molecule has 8 heteroatoms. The van der Waals surface area contributed by atoms with Crippen LogP contribution in [-0.2, 0) is 6.54 Å². The molecule has 2 amide bonds. The van der Waals surface area contributed by atoms with Gasteiger partial charge in [-0.3, -0.25) is 19.6 Å². The molecule has 0 spiro atoms. The van der Waals surface area contributed by atoms with Gasteiger partial charge in [0.2, 0.25) is 0 Å². The quantitative estimate of drug-likeness (QED) is 0.277. The van der Waals surface area contributed by atoms with Gasteiger partial charge in [-0.25, -0.2) is 0 Å². The van der Waals surface area contributed by atoms with E-state index in [1.54, 1.807) is 31.5 Å². The summed E-state index contributed by atoms with van der Waals surface area (Å²) in [7, 11) is 1.59. The third kappa shape index (κ3) is 6.07. The van der Waals surface area contributed by atoms with Gasteiger partial charge in [-0.05, 0) is 83.8 Å². The van der Waals surface area contributed by atoms with E-state index in [4.69, 9.17) is 4.74 Å². The summed E-state index contributed by atoms with van der Waals surface area (Å²) >= 11 is 3.38. The second kappa shape index (κ2) is 11.6. The lowest BCUT2D eigenvalue weighted by atomic mass is 9.98. The van der Waals surface area contributed by atoms with Crippen molar-refractivity contribution in [2.24, 2.45) is 4.99 Å². The highest BCUT2D eigenvalue weighted by atomic mass is 79.9. The number of rotatable bonds is 8. The Morgan fingerprint density at radius 1 is 0.974 bits per heavy atom. The van der Waals surface area contributed by atoms with Gasteiger partial charge in [0.25, 0.3) is 11.8 Å². The number of aliphatic imine (C=N–C) groups is 1. The number of carbonyl (C=O) groups is 2. The third-order valence-electron chi connectivity index (χ3n) is 6.69. The van der Waals surface area contributed by atoms with Gasteiger partial charge in [0, 0.05) is 34.1 Å². The van der Waals surface area contributed by atoms with Gasteiger partial charge in [0.15, 0.2) is 0 Å². The van der Waals surface area contributed by atoms with Gasteiger partial charge >= 0.3 is 0 Å². The molecule has 0 bridgehead atoms. The summed E-state index contributed by atoms with van der Waals surface area (Å²) in [4.78, 5) is 35.0. The van der Waals surface area contributed by atoms with Gasteiger partial charge in [-0.15, -0.1) is 0 Å². The minimum absolute atomic E-state index is 0.178. The molecule has 1 aliphatic rings. The number of carbonyl (C=O) groups excluding carboxylic acids is 2. The number of benzene rings is 3. The first kappa shape index (κ1) is 26.3. The molecule has 196 valence electrons. The summed E-state index contributed by atoms with van der Waals surface area (Å²) in [5.41, 5.74) is 6.84. The maximum absolute atomic E-state index is 13.4. The minimum Gasteiger partial charge on any atom is -0.497 e. The van der Waals surface area contributed by atoms with Gasteiger partial charge < -0.3 is 15.4 Å². The lowest BCUT2D eigenvalue weighted by Gasteiger charge is -2.20. The van der Waals surface area contributed by atoms with Crippen LogP contribution >= 0.6 is 15.9 Å². The predicted octanol–water partition coefficient (Wildman–Crippen LogP) is 5.74. The summed E-state index contributed by atoms with van der Waals surface area (Å²) < 4.78 is 6.27. The van der Waals surface area contributed by atoms with E-state index in [9.17, 15) is 9.59 Å². The molecule has 0 radical (unpaired) electrons. The molecule has 7 nitrogen and oxygen atoms in total. The molecular formula is C31H27BrN4O3. The molecule has 4 aromatic rings. The molecule has 1 aromatic heterocycles. The third-order valence-corrected chi connectivity index (χ3v) is 7.22. The van der Waals surface area contributed by atoms with Crippen LogP contribution in [0.4, 0.5) is 0 Å². The van der Waals surface area contributed by atoms with Crippen molar-refractivity contribution in [2.45, 2.75) is 19.5 Å². The molecule has 2 N–H and O–H groups in total. The van der Waals surface area contributed by atoms with E-state index >= 15 is 0 Å². The number of halogens is 1. The first-order valence-corrected chi connectivity index (χ1v) is 13.3. The Balaban J connectivity index is 1.37. The van der Waals surface area contributed by atoms with Crippen LogP contribution in [0.15, 0.2) is 94.5 Å². The zero-order valence-electron chi connectivity index (χ0n) is 21.6. The number of nitrogens with zero attached hydrogens (tertiary/aromatic N) is 2.